The van der Waals surface area contributed by atoms with E-state index in [1.807, 2.05) is 6.92 Å². The lowest BCUT2D eigenvalue weighted by atomic mass is 9.81. The van der Waals surface area contributed by atoms with E-state index in [1.165, 1.54) is 38.5 Å². The molecule has 29 heavy (non-hydrogen) atoms. The molecule has 3 rings (SSSR count). The van der Waals surface area contributed by atoms with Crippen molar-refractivity contribution in [3.63, 3.8) is 0 Å². The Hall–Kier alpha value is -1.64. The number of halogens is 2. The van der Waals surface area contributed by atoms with Gasteiger partial charge < -0.3 is 4.74 Å². The fourth-order valence-corrected chi connectivity index (χ4v) is 4.62. The van der Waals surface area contributed by atoms with Gasteiger partial charge in [-0.15, -0.1) is 0 Å². The molecule has 1 saturated carbocycles. The van der Waals surface area contributed by atoms with Crippen LogP contribution >= 0.6 is 0 Å². The van der Waals surface area contributed by atoms with Gasteiger partial charge in [-0.3, -0.25) is 0 Å². The monoisotopic (exact) mass is 402 g/mol. The summed E-state index contributed by atoms with van der Waals surface area (Å²) in [6.45, 7) is 4.71. The van der Waals surface area contributed by atoms with Crippen molar-refractivity contribution in [3.8, 4) is 5.75 Å². The molecule has 0 heterocycles. The molecule has 2 aliphatic carbocycles. The molecule has 160 valence electrons. The number of hydrogen-bond donors (Lipinski definition) is 0. The molecule has 0 amide bonds. The van der Waals surface area contributed by atoms with Crippen molar-refractivity contribution >= 4 is 5.57 Å². The van der Waals surface area contributed by atoms with Gasteiger partial charge in [-0.2, -0.15) is 4.39 Å². The van der Waals surface area contributed by atoms with Crippen LogP contribution in [0.4, 0.5) is 8.78 Å². The van der Waals surface area contributed by atoms with Crippen molar-refractivity contribution in [1.29, 1.82) is 0 Å². The van der Waals surface area contributed by atoms with Gasteiger partial charge in [0.15, 0.2) is 11.6 Å². The average molecular weight is 403 g/mol. The second-order valence-electron chi connectivity index (χ2n) is 8.98. The Balaban J connectivity index is 1.49. The third-order valence-corrected chi connectivity index (χ3v) is 6.59. The molecule has 0 saturated heterocycles. The Morgan fingerprint density at radius 2 is 1.86 bits per heavy atom. The number of rotatable bonds is 8. The SMILES string of the molecule is CCCOc1ccc(C2=CCC(/C=C/CCC3CCC(C)CC3)CC2)c(F)c1F. The van der Waals surface area contributed by atoms with Gasteiger partial charge in [0.05, 0.1) is 6.61 Å². The van der Waals surface area contributed by atoms with Crippen molar-refractivity contribution < 1.29 is 13.5 Å². The van der Waals surface area contributed by atoms with E-state index in [9.17, 15) is 8.78 Å². The van der Waals surface area contributed by atoms with Crippen LogP contribution in [0.3, 0.4) is 0 Å². The minimum Gasteiger partial charge on any atom is -0.490 e. The molecule has 1 aromatic carbocycles. The topological polar surface area (TPSA) is 9.23 Å². The molecule has 3 heteroatoms. The van der Waals surface area contributed by atoms with E-state index in [2.05, 4.69) is 25.2 Å². The fourth-order valence-electron chi connectivity index (χ4n) is 4.62. The highest BCUT2D eigenvalue weighted by Gasteiger charge is 2.20. The third kappa shape index (κ3) is 6.17. The maximum Gasteiger partial charge on any atom is 0.201 e. The minimum atomic E-state index is -0.865. The summed E-state index contributed by atoms with van der Waals surface area (Å²) < 4.78 is 34.1. The smallest absolute Gasteiger partial charge is 0.201 e. The van der Waals surface area contributed by atoms with Crippen molar-refractivity contribution in [2.75, 3.05) is 6.61 Å². The molecule has 1 atom stereocenters. The summed E-state index contributed by atoms with van der Waals surface area (Å²) in [6, 6.07) is 3.22. The van der Waals surface area contributed by atoms with Crippen molar-refractivity contribution in [3.05, 3.63) is 47.6 Å². The molecule has 2 aliphatic rings. The van der Waals surface area contributed by atoms with E-state index >= 15 is 0 Å². The van der Waals surface area contributed by atoms with Gasteiger partial charge in [0.1, 0.15) is 0 Å². The first-order valence-electron chi connectivity index (χ1n) is 11.5. The molecule has 1 fully saturated rings. The van der Waals surface area contributed by atoms with Crippen molar-refractivity contribution in [1.82, 2.24) is 0 Å². The first-order chi connectivity index (χ1) is 14.1. The summed E-state index contributed by atoms with van der Waals surface area (Å²) in [5, 5.41) is 0. The van der Waals surface area contributed by atoms with E-state index in [0.29, 0.717) is 18.1 Å². The van der Waals surface area contributed by atoms with Crippen LogP contribution < -0.4 is 4.74 Å². The predicted octanol–water partition coefficient (Wildman–Crippen LogP) is 8.10. The first-order valence-corrected chi connectivity index (χ1v) is 11.5. The Kier molecular flexibility index (Phi) is 8.32. The zero-order chi connectivity index (χ0) is 20.6. The summed E-state index contributed by atoms with van der Waals surface area (Å²) >= 11 is 0. The molecule has 0 radical (unpaired) electrons. The second-order valence-corrected chi connectivity index (χ2v) is 8.98. The molecule has 1 nitrogen and oxygen atoms in total. The van der Waals surface area contributed by atoms with Crippen LogP contribution in [0.5, 0.6) is 5.75 Å². The zero-order valence-electron chi connectivity index (χ0n) is 18.1. The summed E-state index contributed by atoms with van der Waals surface area (Å²) in [4.78, 5) is 0. The fraction of sp³-hybridized carbons (Fsp3) is 0.615. The van der Waals surface area contributed by atoms with Crippen LogP contribution in [-0.4, -0.2) is 6.61 Å². The molecule has 1 unspecified atom stereocenters. The molecule has 1 aromatic rings. The van der Waals surface area contributed by atoms with Gasteiger partial charge in [0, 0.05) is 5.56 Å². The van der Waals surface area contributed by atoms with Gasteiger partial charge in [-0.05, 0) is 74.0 Å². The Morgan fingerprint density at radius 3 is 2.55 bits per heavy atom. The van der Waals surface area contributed by atoms with Gasteiger partial charge in [-0.25, -0.2) is 4.39 Å². The van der Waals surface area contributed by atoms with Crippen LogP contribution in [0, 0.1) is 29.4 Å². The summed E-state index contributed by atoms with van der Waals surface area (Å²) in [5.74, 6) is 0.721. The summed E-state index contributed by atoms with van der Waals surface area (Å²) in [6.07, 6.45) is 18.3. The van der Waals surface area contributed by atoms with E-state index < -0.39 is 11.6 Å². The second kappa shape index (κ2) is 10.9. The van der Waals surface area contributed by atoms with E-state index in [1.54, 1.807) is 12.1 Å². The highest BCUT2D eigenvalue weighted by atomic mass is 19.2. The number of benzene rings is 1. The highest BCUT2D eigenvalue weighted by molar-refractivity contribution is 5.67. The summed E-state index contributed by atoms with van der Waals surface area (Å²) in [7, 11) is 0. The Bertz CT molecular complexity index is 714. The van der Waals surface area contributed by atoms with Crippen LogP contribution in [0.1, 0.15) is 83.6 Å². The standard InChI is InChI=1S/C26H36F2O/c1-3-18-29-24-17-16-23(25(27)26(24)28)22-14-12-21(13-15-22)7-5-4-6-20-10-8-19(2)9-11-20/h5,7,14,16-17,19-21H,3-4,6,8-13,15,18H2,1-2H3/b7-5+. The predicted molar refractivity (Wildman–Crippen MR) is 117 cm³/mol. The van der Waals surface area contributed by atoms with Gasteiger partial charge in [-0.1, -0.05) is 57.8 Å². The van der Waals surface area contributed by atoms with Crippen molar-refractivity contribution in [2.45, 2.75) is 78.1 Å². The lowest BCUT2D eigenvalue weighted by molar-refractivity contribution is 0.279. The van der Waals surface area contributed by atoms with Crippen LogP contribution in [-0.2, 0) is 0 Å². The molecule has 0 aromatic heterocycles. The average Bonchev–Trinajstić information content (AvgIpc) is 2.74. The van der Waals surface area contributed by atoms with E-state index in [4.69, 9.17) is 4.74 Å². The third-order valence-electron chi connectivity index (χ3n) is 6.59. The molecule has 0 spiro atoms. The Morgan fingerprint density at radius 1 is 1.07 bits per heavy atom. The lowest BCUT2D eigenvalue weighted by Crippen LogP contribution is -2.11. The number of hydrogen-bond acceptors (Lipinski definition) is 1. The van der Waals surface area contributed by atoms with Crippen LogP contribution in [0.15, 0.2) is 30.4 Å². The quantitative estimate of drug-likeness (QED) is 0.399. The van der Waals surface area contributed by atoms with Gasteiger partial charge >= 0.3 is 0 Å². The number of ether oxygens (including phenoxy) is 1. The summed E-state index contributed by atoms with van der Waals surface area (Å²) in [5.41, 5.74) is 1.31. The van der Waals surface area contributed by atoms with E-state index in [0.717, 1.165) is 43.1 Å². The first kappa shape index (κ1) is 22.1. The molecular weight excluding hydrogens is 366 g/mol. The van der Waals surface area contributed by atoms with Crippen LogP contribution in [0.2, 0.25) is 0 Å². The lowest BCUT2D eigenvalue weighted by Gasteiger charge is -2.25. The normalized spacial score (nSPS) is 25.2. The zero-order valence-corrected chi connectivity index (χ0v) is 18.1. The van der Waals surface area contributed by atoms with Gasteiger partial charge in [0.2, 0.25) is 5.82 Å². The molecule has 0 aliphatic heterocycles. The largest absolute Gasteiger partial charge is 0.490 e. The maximum atomic E-state index is 14.5. The maximum absolute atomic E-state index is 14.5. The molecule has 0 N–H and O–H groups in total. The highest BCUT2D eigenvalue weighted by Crippen LogP contribution is 2.35. The molecule has 0 bridgehead atoms. The van der Waals surface area contributed by atoms with E-state index in [-0.39, 0.29) is 5.75 Å². The van der Waals surface area contributed by atoms with Crippen molar-refractivity contribution in [2.24, 2.45) is 17.8 Å². The minimum absolute atomic E-state index is 0.0118. The number of allylic oxidation sites excluding steroid dienone is 4. The molecular formula is C26H36F2O. The Labute approximate surface area is 175 Å². The van der Waals surface area contributed by atoms with Crippen LogP contribution in [0.25, 0.3) is 5.57 Å². The van der Waals surface area contributed by atoms with Gasteiger partial charge in [0.25, 0.3) is 0 Å².